The number of carboxylic acid groups (broad SMARTS) is 1. The van der Waals surface area contributed by atoms with Gasteiger partial charge in [-0.3, -0.25) is 14.7 Å². The van der Waals surface area contributed by atoms with Crippen LogP contribution >= 0.6 is 0 Å². The maximum atomic E-state index is 13.8. The van der Waals surface area contributed by atoms with Gasteiger partial charge in [-0.25, -0.2) is 17.6 Å². The van der Waals surface area contributed by atoms with Gasteiger partial charge in [0.1, 0.15) is 12.4 Å². The van der Waals surface area contributed by atoms with Crippen molar-refractivity contribution in [3.8, 4) is 17.6 Å². The third kappa shape index (κ3) is 6.87. The van der Waals surface area contributed by atoms with Crippen LogP contribution in [0.4, 0.5) is 17.6 Å². The molecule has 0 aliphatic carbocycles. The number of likely N-dealkylation sites (tertiary alicyclic amines) is 1. The predicted octanol–water partition coefficient (Wildman–Crippen LogP) is 6.06. The zero-order valence-electron chi connectivity index (χ0n) is 21.7. The van der Waals surface area contributed by atoms with E-state index < -0.39 is 35.5 Å². The minimum absolute atomic E-state index is 0.0432. The first-order chi connectivity index (χ1) is 18.7. The van der Waals surface area contributed by atoms with Crippen LogP contribution in [0.1, 0.15) is 48.8 Å². The number of nitrogens with zero attached hydrogens (tertiary/aromatic N) is 2. The van der Waals surface area contributed by atoms with Crippen LogP contribution in [0, 0.1) is 34.7 Å². The zero-order valence-corrected chi connectivity index (χ0v) is 21.7. The highest BCUT2D eigenvalue weighted by molar-refractivity contribution is 5.84. The van der Waals surface area contributed by atoms with Crippen LogP contribution in [0.2, 0.25) is 0 Å². The van der Waals surface area contributed by atoms with E-state index in [0.29, 0.717) is 63.1 Å². The van der Waals surface area contributed by atoms with Gasteiger partial charge in [-0.2, -0.15) is 0 Å². The van der Waals surface area contributed by atoms with Crippen LogP contribution in [0.25, 0.3) is 10.9 Å². The average Bonchev–Trinajstić information content (AvgIpc) is 2.92. The number of benzene rings is 2. The summed E-state index contributed by atoms with van der Waals surface area (Å²) in [5.74, 6) is 1.25. The van der Waals surface area contributed by atoms with Crippen molar-refractivity contribution in [2.45, 2.75) is 45.2 Å². The van der Waals surface area contributed by atoms with Crippen molar-refractivity contribution < 1.29 is 32.2 Å². The van der Waals surface area contributed by atoms with Crippen molar-refractivity contribution in [2.75, 3.05) is 26.7 Å². The number of rotatable bonds is 9. The van der Waals surface area contributed by atoms with E-state index in [1.54, 1.807) is 13.3 Å². The molecule has 1 aliphatic rings. The van der Waals surface area contributed by atoms with Crippen LogP contribution in [0.15, 0.2) is 36.5 Å². The van der Waals surface area contributed by atoms with E-state index in [1.807, 2.05) is 18.2 Å². The highest BCUT2D eigenvalue weighted by Crippen LogP contribution is 2.40. The number of aromatic nitrogens is 1. The molecule has 0 spiro atoms. The van der Waals surface area contributed by atoms with Crippen LogP contribution in [0.3, 0.4) is 0 Å². The Bertz CT molecular complexity index is 1380. The molecule has 0 atom stereocenters. The summed E-state index contributed by atoms with van der Waals surface area (Å²) in [5.41, 5.74) is 1.81. The molecule has 0 unspecified atom stereocenters. The van der Waals surface area contributed by atoms with Gasteiger partial charge in [-0.1, -0.05) is 11.8 Å². The second-order valence-electron chi connectivity index (χ2n) is 10.0. The Kier molecular flexibility index (Phi) is 9.08. The molecule has 1 aliphatic heterocycles. The van der Waals surface area contributed by atoms with Crippen LogP contribution in [0.5, 0.6) is 5.75 Å². The second-order valence-corrected chi connectivity index (χ2v) is 10.0. The monoisotopic (exact) mass is 542 g/mol. The van der Waals surface area contributed by atoms with E-state index in [4.69, 9.17) is 4.74 Å². The fourth-order valence-electron chi connectivity index (χ4n) is 5.35. The van der Waals surface area contributed by atoms with E-state index in [2.05, 4.69) is 21.7 Å². The van der Waals surface area contributed by atoms with Crippen LogP contribution in [-0.2, 0) is 17.9 Å². The third-order valence-corrected chi connectivity index (χ3v) is 7.52. The lowest BCUT2D eigenvalue weighted by atomic mass is 9.72. The molecule has 0 saturated carbocycles. The molecular formula is C30H30F4N2O3. The van der Waals surface area contributed by atoms with E-state index in [0.717, 1.165) is 28.6 Å². The summed E-state index contributed by atoms with van der Waals surface area (Å²) in [7, 11) is 1.57. The van der Waals surface area contributed by atoms with Gasteiger partial charge in [0.25, 0.3) is 0 Å². The summed E-state index contributed by atoms with van der Waals surface area (Å²) in [4.78, 5) is 18.2. The Morgan fingerprint density at radius 3 is 2.51 bits per heavy atom. The fraction of sp³-hybridized carbons (Fsp3) is 0.400. The van der Waals surface area contributed by atoms with Gasteiger partial charge in [0, 0.05) is 22.7 Å². The van der Waals surface area contributed by atoms with Gasteiger partial charge in [0.15, 0.2) is 17.5 Å². The first-order valence-electron chi connectivity index (χ1n) is 12.8. The Morgan fingerprint density at radius 2 is 1.87 bits per heavy atom. The molecular weight excluding hydrogens is 512 g/mol. The Hall–Kier alpha value is -3.64. The van der Waals surface area contributed by atoms with Crippen molar-refractivity contribution in [1.29, 1.82) is 0 Å². The lowest BCUT2D eigenvalue weighted by Gasteiger charge is -2.41. The van der Waals surface area contributed by atoms with Gasteiger partial charge < -0.3 is 9.84 Å². The minimum atomic E-state index is -1.52. The molecule has 1 saturated heterocycles. The lowest BCUT2D eigenvalue weighted by Crippen LogP contribution is -2.41. The summed E-state index contributed by atoms with van der Waals surface area (Å²) in [5, 5.41) is 10.5. The number of aliphatic carboxylic acids is 1. The molecule has 39 heavy (non-hydrogen) atoms. The van der Waals surface area contributed by atoms with Crippen molar-refractivity contribution >= 4 is 16.9 Å². The van der Waals surface area contributed by atoms with Crippen molar-refractivity contribution in [2.24, 2.45) is 5.41 Å². The SMILES string of the molecule is COc1ccc2ncc(CF)c(CCCC3(CC(=O)O)CCN(CC#Cc4cc(F)c(F)c(F)c4)CC3)c2c1. The quantitative estimate of drug-likeness (QED) is 0.202. The first kappa shape index (κ1) is 28.4. The molecule has 206 valence electrons. The first-order valence-corrected chi connectivity index (χ1v) is 12.8. The molecule has 1 aromatic heterocycles. The molecule has 3 aromatic rings. The number of hydrogen-bond donors (Lipinski definition) is 1. The van der Waals surface area contributed by atoms with Crippen molar-refractivity contribution in [3.63, 3.8) is 0 Å². The highest BCUT2D eigenvalue weighted by Gasteiger charge is 2.36. The molecule has 1 fully saturated rings. The molecule has 2 aromatic carbocycles. The summed E-state index contributed by atoms with van der Waals surface area (Å²) in [6.07, 6.45) is 4.87. The molecule has 0 radical (unpaired) electrons. The van der Waals surface area contributed by atoms with E-state index in [9.17, 15) is 27.5 Å². The predicted molar refractivity (Wildman–Crippen MR) is 140 cm³/mol. The van der Waals surface area contributed by atoms with Crippen molar-refractivity contribution in [1.82, 2.24) is 9.88 Å². The molecule has 4 rings (SSSR count). The average molecular weight is 543 g/mol. The summed E-state index contributed by atoms with van der Waals surface area (Å²) >= 11 is 0. The normalized spacial score (nSPS) is 15.1. The van der Waals surface area contributed by atoms with Gasteiger partial charge in [0.05, 0.1) is 25.6 Å². The van der Waals surface area contributed by atoms with Gasteiger partial charge >= 0.3 is 5.97 Å². The molecule has 5 nitrogen and oxygen atoms in total. The fourth-order valence-corrected chi connectivity index (χ4v) is 5.35. The topological polar surface area (TPSA) is 62.7 Å². The van der Waals surface area contributed by atoms with E-state index in [1.165, 1.54) is 0 Å². The number of alkyl halides is 1. The molecule has 0 bridgehead atoms. The lowest BCUT2D eigenvalue weighted by molar-refractivity contribution is -0.140. The Labute approximate surface area is 224 Å². The Balaban J connectivity index is 1.41. The highest BCUT2D eigenvalue weighted by atomic mass is 19.2. The Morgan fingerprint density at radius 1 is 1.15 bits per heavy atom. The van der Waals surface area contributed by atoms with Crippen molar-refractivity contribution in [3.05, 3.63) is 70.7 Å². The number of fused-ring (bicyclic) bond motifs is 1. The molecule has 0 amide bonds. The molecule has 1 N–H and O–H groups in total. The number of piperidine rings is 1. The van der Waals surface area contributed by atoms with Crippen LogP contribution in [-0.4, -0.2) is 47.7 Å². The number of carboxylic acids is 1. The number of methoxy groups -OCH3 is 1. The van der Waals surface area contributed by atoms with Gasteiger partial charge in [-0.05, 0) is 86.5 Å². The zero-order chi connectivity index (χ0) is 28.0. The van der Waals surface area contributed by atoms with E-state index >= 15 is 0 Å². The van der Waals surface area contributed by atoms with E-state index in [-0.39, 0.29) is 12.0 Å². The number of ether oxygens (including phenoxy) is 1. The summed E-state index contributed by atoms with van der Waals surface area (Å²) < 4.78 is 59.1. The summed E-state index contributed by atoms with van der Waals surface area (Å²) in [6, 6.07) is 7.22. The minimum Gasteiger partial charge on any atom is -0.497 e. The smallest absolute Gasteiger partial charge is 0.303 e. The second kappa shape index (κ2) is 12.5. The number of aryl methyl sites for hydroxylation is 1. The number of carbonyl (C=O) groups is 1. The number of hydrogen-bond acceptors (Lipinski definition) is 4. The largest absolute Gasteiger partial charge is 0.497 e. The number of halogens is 4. The maximum absolute atomic E-state index is 13.8. The standard InChI is InChI=1S/C30H30F4N2O3/c1-39-22-6-7-27-24(16-22)23(21(18-31)19-35-27)5-2-8-30(17-28(37)38)9-12-36(13-10-30)11-3-4-20-14-25(32)29(34)26(33)15-20/h6-7,14-16,19H,2,5,8-13,17-18H2,1H3,(H,37,38). The third-order valence-electron chi connectivity index (χ3n) is 7.52. The summed E-state index contributed by atoms with van der Waals surface area (Å²) in [6.45, 7) is 0.954. The van der Waals surface area contributed by atoms with Gasteiger partial charge in [0.2, 0.25) is 0 Å². The molecule has 9 heteroatoms. The van der Waals surface area contributed by atoms with Gasteiger partial charge in [-0.15, -0.1) is 0 Å². The number of pyridine rings is 1. The van der Waals surface area contributed by atoms with Crippen LogP contribution < -0.4 is 4.74 Å². The maximum Gasteiger partial charge on any atom is 0.303 e. The molecule has 2 heterocycles.